The zero-order chi connectivity index (χ0) is 9.84. The van der Waals surface area contributed by atoms with Crippen molar-refractivity contribution in [3.8, 4) is 0 Å². The lowest BCUT2D eigenvalue weighted by atomic mass is 10.2. The zero-order valence-electron chi connectivity index (χ0n) is 7.47. The van der Waals surface area contributed by atoms with E-state index >= 15 is 0 Å². The van der Waals surface area contributed by atoms with Gasteiger partial charge in [-0.05, 0) is 5.92 Å². The molecule has 72 valence electrons. The monoisotopic (exact) mass is 199 g/mol. The van der Waals surface area contributed by atoms with Gasteiger partial charge in [-0.25, -0.2) is 4.98 Å². The summed E-state index contributed by atoms with van der Waals surface area (Å²) in [5, 5.41) is 8.87. The molecule has 0 radical (unpaired) electrons. The predicted molar refractivity (Wildman–Crippen MR) is 54.4 cm³/mol. The molecule has 0 saturated carbocycles. The average Bonchev–Trinajstić information content (AvgIpc) is 2.52. The first kappa shape index (κ1) is 10.1. The zero-order valence-corrected chi connectivity index (χ0v) is 8.29. The van der Waals surface area contributed by atoms with Crippen molar-refractivity contribution in [2.45, 2.75) is 13.5 Å². The van der Waals surface area contributed by atoms with Gasteiger partial charge in [-0.3, -0.25) is 0 Å². The third-order valence-corrected chi connectivity index (χ3v) is 1.94. The summed E-state index contributed by atoms with van der Waals surface area (Å²) in [5.41, 5.74) is 5.46. The van der Waals surface area contributed by atoms with Gasteiger partial charge in [0.1, 0.15) is 4.99 Å². The molecule has 1 atom stereocenters. The minimum absolute atomic E-state index is 0.148. The van der Waals surface area contributed by atoms with Crippen LogP contribution in [0.2, 0.25) is 0 Å². The summed E-state index contributed by atoms with van der Waals surface area (Å²) in [4.78, 5) is 4.31. The van der Waals surface area contributed by atoms with Gasteiger partial charge >= 0.3 is 0 Å². The quantitative estimate of drug-likeness (QED) is 0.677. The van der Waals surface area contributed by atoms with Crippen molar-refractivity contribution in [3.63, 3.8) is 0 Å². The van der Waals surface area contributed by atoms with Crippen molar-refractivity contribution < 1.29 is 5.11 Å². The summed E-state index contributed by atoms with van der Waals surface area (Å²) in [6, 6.07) is 0. The van der Waals surface area contributed by atoms with E-state index in [1.807, 2.05) is 11.5 Å². The van der Waals surface area contributed by atoms with Crippen molar-refractivity contribution in [3.05, 3.63) is 18.2 Å². The van der Waals surface area contributed by atoms with Gasteiger partial charge in [-0.15, -0.1) is 0 Å². The molecule has 0 aliphatic carbocycles. The lowest BCUT2D eigenvalue weighted by molar-refractivity contribution is 0.223. The standard InChI is InChI=1S/C8H13N3OS/c1-6(5-12)4-11-3-2-10-8(11)7(9)13/h2-3,6,12H,4-5H2,1H3,(H2,9,13). The summed E-state index contributed by atoms with van der Waals surface area (Å²) >= 11 is 4.82. The maximum atomic E-state index is 8.87. The highest BCUT2D eigenvalue weighted by Gasteiger charge is 2.07. The van der Waals surface area contributed by atoms with E-state index in [9.17, 15) is 0 Å². The van der Waals surface area contributed by atoms with E-state index in [0.717, 1.165) is 0 Å². The van der Waals surface area contributed by atoms with Gasteiger partial charge in [-0.2, -0.15) is 0 Å². The van der Waals surface area contributed by atoms with Crippen LogP contribution in [0.5, 0.6) is 0 Å². The van der Waals surface area contributed by atoms with E-state index in [0.29, 0.717) is 12.4 Å². The van der Waals surface area contributed by atoms with Crippen molar-refractivity contribution in [2.24, 2.45) is 11.7 Å². The number of aliphatic hydroxyl groups excluding tert-OH is 1. The Hall–Kier alpha value is -0.940. The number of nitrogens with zero attached hydrogens (tertiary/aromatic N) is 2. The van der Waals surface area contributed by atoms with Crippen LogP contribution in [0.15, 0.2) is 12.4 Å². The fourth-order valence-corrected chi connectivity index (χ4v) is 1.25. The Labute approximate surface area is 82.4 Å². The van der Waals surface area contributed by atoms with Crippen LogP contribution in [0.1, 0.15) is 12.7 Å². The summed E-state index contributed by atoms with van der Waals surface area (Å²) in [5.74, 6) is 0.789. The fraction of sp³-hybridized carbons (Fsp3) is 0.500. The van der Waals surface area contributed by atoms with Crippen molar-refractivity contribution in [1.82, 2.24) is 9.55 Å². The van der Waals surface area contributed by atoms with E-state index in [-0.39, 0.29) is 17.5 Å². The fourth-order valence-electron chi connectivity index (χ4n) is 1.08. The second-order valence-electron chi connectivity index (χ2n) is 3.06. The Morgan fingerprint density at radius 1 is 1.85 bits per heavy atom. The molecule has 13 heavy (non-hydrogen) atoms. The van der Waals surface area contributed by atoms with Gasteiger partial charge in [0.2, 0.25) is 0 Å². The molecule has 1 heterocycles. The van der Waals surface area contributed by atoms with Crippen LogP contribution < -0.4 is 5.73 Å². The molecule has 0 saturated heterocycles. The minimum Gasteiger partial charge on any atom is -0.396 e. The van der Waals surface area contributed by atoms with E-state index in [2.05, 4.69) is 4.98 Å². The van der Waals surface area contributed by atoms with Crippen LogP contribution >= 0.6 is 12.2 Å². The number of imidazole rings is 1. The van der Waals surface area contributed by atoms with Gasteiger partial charge in [0.15, 0.2) is 5.82 Å². The third kappa shape index (κ3) is 2.50. The van der Waals surface area contributed by atoms with Crippen LogP contribution in [0, 0.1) is 5.92 Å². The van der Waals surface area contributed by atoms with Gasteiger partial charge in [-0.1, -0.05) is 19.1 Å². The molecule has 1 rings (SSSR count). The molecule has 0 aromatic carbocycles. The average molecular weight is 199 g/mol. The third-order valence-electron chi connectivity index (χ3n) is 1.76. The van der Waals surface area contributed by atoms with Crippen LogP contribution in [-0.4, -0.2) is 26.3 Å². The highest BCUT2D eigenvalue weighted by Crippen LogP contribution is 2.03. The van der Waals surface area contributed by atoms with E-state index < -0.39 is 0 Å². The summed E-state index contributed by atoms with van der Waals surface area (Å²) < 4.78 is 1.85. The Balaban J connectivity index is 2.76. The maximum Gasteiger partial charge on any atom is 0.167 e. The Morgan fingerprint density at radius 3 is 3.08 bits per heavy atom. The van der Waals surface area contributed by atoms with E-state index in [4.69, 9.17) is 23.1 Å². The second-order valence-corrected chi connectivity index (χ2v) is 3.50. The summed E-state index contributed by atoms with van der Waals surface area (Å²) in [6.07, 6.45) is 3.46. The molecule has 0 aliphatic heterocycles. The smallest absolute Gasteiger partial charge is 0.167 e. The molecule has 1 aromatic heterocycles. The van der Waals surface area contributed by atoms with Crippen LogP contribution in [0.3, 0.4) is 0 Å². The lowest BCUT2D eigenvalue weighted by Gasteiger charge is -2.10. The first-order chi connectivity index (χ1) is 6.15. The molecule has 4 nitrogen and oxygen atoms in total. The number of hydrogen-bond donors (Lipinski definition) is 2. The Kier molecular flexibility index (Phi) is 3.39. The predicted octanol–water partition coefficient (Wildman–Crippen LogP) is 0.146. The molecule has 1 unspecified atom stereocenters. The highest BCUT2D eigenvalue weighted by atomic mass is 32.1. The molecule has 0 aliphatic rings. The minimum atomic E-state index is 0.148. The van der Waals surface area contributed by atoms with Crippen LogP contribution in [-0.2, 0) is 6.54 Å². The van der Waals surface area contributed by atoms with Gasteiger partial charge in [0, 0.05) is 25.5 Å². The SMILES string of the molecule is CC(CO)Cn1ccnc1C(N)=S. The highest BCUT2D eigenvalue weighted by molar-refractivity contribution is 7.80. The van der Waals surface area contributed by atoms with Gasteiger partial charge in [0.05, 0.1) is 0 Å². The number of nitrogens with two attached hydrogens (primary N) is 1. The molecule has 0 bridgehead atoms. The lowest BCUT2D eigenvalue weighted by Crippen LogP contribution is -2.20. The summed E-state index contributed by atoms with van der Waals surface area (Å²) in [6.45, 7) is 2.78. The first-order valence-corrected chi connectivity index (χ1v) is 4.47. The van der Waals surface area contributed by atoms with Gasteiger partial charge in [0.25, 0.3) is 0 Å². The number of aliphatic hydroxyl groups is 1. The normalized spacial score (nSPS) is 12.8. The van der Waals surface area contributed by atoms with E-state index in [1.54, 1.807) is 12.4 Å². The van der Waals surface area contributed by atoms with E-state index in [1.165, 1.54) is 0 Å². The molecule has 3 N–H and O–H groups in total. The summed E-state index contributed by atoms with van der Waals surface area (Å²) in [7, 11) is 0. The van der Waals surface area contributed by atoms with Crippen LogP contribution in [0.4, 0.5) is 0 Å². The topological polar surface area (TPSA) is 64.1 Å². The number of thiocarbonyl (C=S) groups is 1. The number of aromatic nitrogens is 2. The Bertz CT molecular complexity index is 297. The second kappa shape index (κ2) is 4.34. The first-order valence-electron chi connectivity index (χ1n) is 4.07. The molecule has 5 heteroatoms. The number of rotatable bonds is 4. The Morgan fingerprint density at radius 2 is 2.54 bits per heavy atom. The number of hydrogen-bond acceptors (Lipinski definition) is 3. The molecule has 0 fully saturated rings. The molecular weight excluding hydrogens is 186 g/mol. The van der Waals surface area contributed by atoms with Crippen molar-refractivity contribution in [2.75, 3.05) is 6.61 Å². The van der Waals surface area contributed by atoms with Crippen molar-refractivity contribution >= 4 is 17.2 Å². The van der Waals surface area contributed by atoms with Gasteiger partial charge < -0.3 is 15.4 Å². The molecule has 0 spiro atoms. The maximum absolute atomic E-state index is 8.87. The molecular formula is C8H13N3OS. The largest absolute Gasteiger partial charge is 0.396 e. The molecule has 0 amide bonds. The van der Waals surface area contributed by atoms with Crippen LogP contribution in [0.25, 0.3) is 0 Å². The van der Waals surface area contributed by atoms with Crippen molar-refractivity contribution in [1.29, 1.82) is 0 Å². The molecule has 1 aromatic rings.